The SMILES string of the molecule is CC(CN)C(=O)CC1CCCCC1. The van der Waals surface area contributed by atoms with E-state index in [2.05, 4.69) is 0 Å². The van der Waals surface area contributed by atoms with Gasteiger partial charge in [-0.15, -0.1) is 0 Å². The lowest BCUT2D eigenvalue weighted by atomic mass is 9.84. The normalized spacial score (nSPS) is 21.4. The Bertz CT molecular complexity index is 161. The molecule has 1 aliphatic rings. The summed E-state index contributed by atoms with van der Waals surface area (Å²) < 4.78 is 0. The molecule has 0 heterocycles. The third-order valence-electron chi connectivity index (χ3n) is 3.12. The zero-order valence-corrected chi connectivity index (χ0v) is 8.59. The highest BCUT2D eigenvalue weighted by Gasteiger charge is 2.19. The molecular formula is C11H21NO. The number of hydrogen-bond donors (Lipinski definition) is 1. The molecule has 1 aliphatic carbocycles. The van der Waals surface area contributed by atoms with Crippen LogP contribution in [0.2, 0.25) is 0 Å². The molecule has 76 valence electrons. The predicted octanol–water partition coefficient (Wildman–Crippen LogP) is 2.12. The van der Waals surface area contributed by atoms with Crippen molar-refractivity contribution in [1.82, 2.24) is 0 Å². The molecule has 0 amide bonds. The molecule has 1 unspecified atom stereocenters. The van der Waals surface area contributed by atoms with E-state index in [1.165, 1.54) is 32.1 Å². The van der Waals surface area contributed by atoms with E-state index < -0.39 is 0 Å². The first-order chi connectivity index (χ1) is 6.24. The molecule has 1 saturated carbocycles. The molecule has 0 aromatic rings. The molecule has 0 saturated heterocycles. The first kappa shape index (κ1) is 10.7. The molecule has 2 heteroatoms. The zero-order chi connectivity index (χ0) is 9.68. The minimum Gasteiger partial charge on any atom is -0.330 e. The fraction of sp³-hybridized carbons (Fsp3) is 0.909. The predicted molar refractivity (Wildman–Crippen MR) is 54.4 cm³/mol. The summed E-state index contributed by atoms with van der Waals surface area (Å²) >= 11 is 0. The minimum absolute atomic E-state index is 0.0712. The quantitative estimate of drug-likeness (QED) is 0.725. The van der Waals surface area contributed by atoms with Gasteiger partial charge in [0, 0.05) is 18.9 Å². The Morgan fingerprint density at radius 1 is 1.38 bits per heavy atom. The Hall–Kier alpha value is -0.370. The monoisotopic (exact) mass is 183 g/mol. The van der Waals surface area contributed by atoms with Crippen LogP contribution in [-0.4, -0.2) is 12.3 Å². The van der Waals surface area contributed by atoms with Crippen LogP contribution in [-0.2, 0) is 4.79 Å². The summed E-state index contributed by atoms with van der Waals surface area (Å²) in [6, 6.07) is 0. The summed E-state index contributed by atoms with van der Waals surface area (Å²) in [7, 11) is 0. The van der Waals surface area contributed by atoms with Crippen LogP contribution in [0.5, 0.6) is 0 Å². The second kappa shape index (κ2) is 5.38. The topological polar surface area (TPSA) is 43.1 Å². The van der Waals surface area contributed by atoms with Crippen LogP contribution in [0, 0.1) is 11.8 Å². The van der Waals surface area contributed by atoms with Crippen molar-refractivity contribution in [2.45, 2.75) is 45.4 Å². The molecule has 2 nitrogen and oxygen atoms in total. The van der Waals surface area contributed by atoms with Crippen molar-refractivity contribution in [2.75, 3.05) is 6.54 Å². The highest BCUT2D eigenvalue weighted by molar-refractivity contribution is 5.81. The second-order valence-corrected chi connectivity index (χ2v) is 4.31. The van der Waals surface area contributed by atoms with Crippen molar-refractivity contribution >= 4 is 5.78 Å². The third kappa shape index (κ3) is 3.47. The van der Waals surface area contributed by atoms with E-state index in [1.807, 2.05) is 6.92 Å². The molecule has 0 aromatic heterocycles. The lowest BCUT2D eigenvalue weighted by molar-refractivity contribution is -0.123. The minimum atomic E-state index is 0.0712. The summed E-state index contributed by atoms with van der Waals surface area (Å²) in [5.41, 5.74) is 5.46. The van der Waals surface area contributed by atoms with Gasteiger partial charge in [-0.05, 0) is 5.92 Å². The van der Waals surface area contributed by atoms with Gasteiger partial charge in [-0.2, -0.15) is 0 Å². The fourth-order valence-electron chi connectivity index (χ4n) is 2.01. The summed E-state index contributed by atoms with van der Waals surface area (Å²) in [6.45, 7) is 2.44. The van der Waals surface area contributed by atoms with Gasteiger partial charge in [0.25, 0.3) is 0 Å². The van der Waals surface area contributed by atoms with E-state index in [0.29, 0.717) is 18.2 Å². The number of hydrogen-bond acceptors (Lipinski definition) is 2. The summed E-state index contributed by atoms with van der Waals surface area (Å²) in [5.74, 6) is 1.10. The molecule has 1 rings (SSSR count). The molecule has 13 heavy (non-hydrogen) atoms. The van der Waals surface area contributed by atoms with Crippen LogP contribution in [0.15, 0.2) is 0 Å². The van der Waals surface area contributed by atoms with Crippen LogP contribution in [0.4, 0.5) is 0 Å². The summed E-state index contributed by atoms with van der Waals surface area (Å²) in [4.78, 5) is 11.6. The molecule has 0 bridgehead atoms. The molecule has 1 atom stereocenters. The van der Waals surface area contributed by atoms with Crippen LogP contribution < -0.4 is 5.73 Å². The molecule has 0 aliphatic heterocycles. The smallest absolute Gasteiger partial charge is 0.137 e. The second-order valence-electron chi connectivity index (χ2n) is 4.31. The van der Waals surface area contributed by atoms with Crippen LogP contribution in [0.3, 0.4) is 0 Å². The molecular weight excluding hydrogens is 162 g/mol. The standard InChI is InChI=1S/C11H21NO/c1-9(8-12)11(13)7-10-5-3-2-4-6-10/h9-10H,2-8,12H2,1H3. The van der Waals surface area contributed by atoms with Gasteiger partial charge in [-0.3, -0.25) is 4.79 Å². The Labute approximate surface area is 80.9 Å². The first-order valence-electron chi connectivity index (χ1n) is 5.46. The maximum atomic E-state index is 11.6. The first-order valence-corrected chi connectivity index (χ1v) is 5.46. The Morgan fingerprint density at radius 2 is 2.00 bits per heavy atom. The van der Waals surface area contributed by atoms with E-state index in [9.17, 15) is 4.79 Å². The van der Waals surface area contributed by atoms with Gasteiger partial charge in [0.2, 0.25) is 0 Å². The van der Waals surface area contributed by atoms with E-state index in [4.69, 9.17) is 5.73 Å². The summed E-state index contributed by atoms with van der Waals surface area (Å²) in [5, 5.41) is 0. The van der Waals surface area contributed by atoms with Gasteiger partial charge >= 0.3 is 0 Å². The number of carbonyl (C=O) groups is 1. The number of rotatable bonds is 4. The van der Waals surface area contributed by atoms with Crippen molar-refractivity contribution in [3.63, 3.8) is 0 Å². The molecule has 1 fully saturated rings. The van der Waals surface area contributed by atoms with Crippen molar-refractivity contribution in [2.24, 2.45) is 17.6 Å². The van der Waals surface area contributed by atoms with E-state index >= 15 is 0 Å². The average molecular weight is 183 g/mol. The van der Waals surface area contributed by atoms with E-state index in [1.54, 1.807) is 0 Å². The van der Waals surface area contributed by atoms with E-state index in [0.717, 1.165) is 6.42 Å². The number of ketones is 1. The van der Waals surface area contributed by atoms with Crippen LogP contribution in [0.25, 0.3) is 0 Å². The number of carbonyl (C=O) groups excluding carboxylic acids is 1. The Balaban J connectivity index is 2.26. The summed E-state index contributed by atoms with van der Waals surface area (Å²) in [6.07, 6.45) is 7.27. The van der Waals surface area contributed by atoms with Crippen LogP contribution >= 0.6 is 0 Å². The van der Waals surface area contributed by atoms with Crippen molar-refractivity contribution < 1.29 is 4.79 Å². The Kier molecular flexibility index (Phi) is 4.43. The van der Waals surface area contributed by atoms with Crippen molar-refractivity contribution in [1.29, 1.82) is 0 Å². The lowest BCUT2D eigenvalue weighted by Gasteiger charge is -2.21. The molecule has 2 N–H and O–H groups in total. The maximum Gasteiger partial charge on any atom is 0.137 e. The highest BCUT2D eigenvalue weighted by atomic mass is 16.1. The maximum absolute atomic E-state index is 11.6. The van der Waals surface area contributed by atoms with Gasteiger partial charge < -0.3 is 5.73 Å². The molecule has 0 radical (unpaired) electrons. The van der Waals surface area contributed by atoms with E-state index in [-0.39, 0.29) is 5.92 Å². The largest absolute Gasteiger partial charge is 0.330 e. The average Bonchev–Trinajstić information content (AvgIpc) is 2.18. The van der Waals surface area contributed by atoms with Crippen molar-refractivity contribution in [3.05, 3.63) is 0 Å². The third-order valence-corrected chi connectivity index (χ3v) is 3.12. The molecule has 0 aromatic carbocycles. The Morgan fingerprint density at radius 3 is 2.54 bits per heavy atom. The van der Waals surface area contributed by atoms with Crippen molar-refractivity contribution in [3.8, 4) is 0 Å². The van der Waals surface area contributed by atoms with Gasteiger partial charge in [0.05, 0.1) is 0 Å². The van der Waals surface area contributed by atoms with Crippen LogP contribution in [0.1, 0.15) is 45.4 Å². The lowest BCUT2D eigenvalue weighted by Crippen LogP contribution is -2.23. The molecule has 0 spiro atoms. The number of nitrogens with two attached hydrogens (primary N) is 1. The van der Waals surface area contributed by atoms with Gasteiger partial charge in [0.15, 0.2) is 0 Å². The van der Waals surface area contributed by atoms with Gasteiger partial charge in [-0.1, -0.05) is 39.0 Å². The van der Waals surface area contributed by atoms with Gasteiger partial charge in [0.1, 0.15) is 5.78 Å². The highest BCUT2D eigenvalue weighted by Crippen LogP contribution is 2.27. The van der Waals surface area contributed by atoms with Gasteiger partial charge in [-0.25, -0.2) is 0 Å². The zero-order valence-electron chi connectivity index (χ0n) is 8.59. The fourth-order valence-corrected chi connectivity index (χ4v) is 2.01. The number of Topliss-reactive ketones (excluding diaryl/α,β-unsaturated/α-hetero) is 1.